The van der Waals surface area contributed by atoms with Gasteiger partial charge in [0.1, 0.15) is 11.6 Å². The van der Waals surface area contributed by atoms with Gasteiger partial charge in [0.05, 0.1) is 22.9 Å². The maximum atomic E-state index is 12.9. The van der Waals surface area contributed by atoms with Crippen molar-refractivity contribution in [1.82, 2.24) is 15.1 Å². The zero-order chi connectivity index (χ0) is 18.6. The number of nitrogens with one attached hydrogen (secondary N) is 2. The molecule has 140 valence electrons. The van der Waals surface area contributed by atoms with Gasteiger partial charge in [0.2, 0.25) is 0 Å². The Morgan fingerprint density at radius 2 is 1.88 bits per heavy atom. The van der Waals surface area contributed by atoms with E-state index >= 15 is 0 Å². The number of aromatic nitrogens is 2. The van der Waals surface area contributed by atoms with E-state index < -0.39 is 21.7 Å². The molecule has 0 aliphatic heterocycles. The van der Waals surface area contributed by atoms with Crippen molar-refractivity contribution in [2.24, 2.45) is 0 Å². The Morgan fingerprint density at radius 3 is 2.58 bits per heavy atom. The number of nitrogens with zero attached hydrogens (tertiary/aromatic N) is 2. The number of hydrogen-bond acceptors (Lipinski definition) is 4. The predicted molar refractivity (Wildman–Crippen MR) is 95.2 cm³/mol. The lowest BCUT2D eigenvalue weighted by Crippen LogP contribution is -2.33. The summed E-state index contributed by atoms with van der Waals surface area (Å²) in [6.07, 6.45) is 6.00. The number of anilines is 1. The highest BCUT2D eigenvalue weighted by molar-refractivity contribution is 7.91. The number of amides is 2. The molecule has 1 aliphatic carbocycles. The van der Waals surface area contributed by atoms with Gasteiger partial charge in [-0.2, -0.15) is 5.10 Å². The van der Waals surface area contributed by atoms with Crippen LogP contribution in [0, 0.1) is 5.82 Å². The summed E-state index contributed by atoms with van der Waals surface area (Å²) in [6.45, 7) is -0.0525. The molecule has 7 nitrogen and oxygen atoms in total. The minimum atomic E-state index is -3.58. The van der Waals surface area contributed by atoms with E-state index in [4.69, 9.17) is 0 Å². The van der Waals surface area contributed by atoms with Gasteiger partial charge in [-0.05, 0) is 37.1 Å². The van der Waals surface area contributed by atoms with Crippen LogP contribution in [-0.2, 0) is 9.84 Å². The number of rotatable bonds is 6. The first kappa shape index (κ1) is 18.4. The molecule has 0 saturated heterocycles. The average Bonchev–Trinajstić information content (AvgIpc) is 3.26. The molecule has 0 bridgehead atoms. The normalized spacial score (nSPS) is 15.1. The van der Waals surface area contributed by atoms with Crippen molar-refractivity contribution in [3.8, 4) is 0 Å². The lowest BCUT2D eigenvalue weighted by molar-refractivity contribution is 0.252. The molecule has 1 aromatic carbocycles. The van der Waals surface area contributed by atoms with Crippen LogP contribution in [-0.4, -0.2) is 36.5 Å². The molecular weight excluding hydrogens is 359 g/mol. The lowest BCUT2D eigenvalue weighted by atomic mass is 10.2. The van der Waals surface area contributed by atoms with Crippen LogP contribution in [0.1, 0.15) is 31.7 Å². The Bertz CT molecular complexity index is 858. The lowest BCUT2D eigenvalue weighted by Gasteiger charge is -2.15. The van der Waals surface area contributed by atoms with Crippen LogP contribution >= 0.6 is 0 Å². The van der Waals surface area contributed by atoms with Crippen LogP contribution in [0.2, 0.25) is 0 Å². The smallest absolute Gasteiger partial charge is 0.320 e. The SMILES string of the molecule is O=C(NCCS(=O)(=O)c1ccc(F)cc1)Nc1ccnn1C1CCCC1. The first-order chi connectivity index (χ1) is 12.5. The van der Waals surface area contributed by atoms with Crippen LogP contribution in [0.25, 0.3) is 0 Å². The van der Waals surface area contributed by atoms with E-state index in [1.807, 2.05) is 4.68 Å². The van der Waals surface area contributed by atoms with E-state index in [0.717, 1.165) is 37.8 Å². The summed E-state index contributed by atoms with van der Waals surface area (Å²) in [5.41, 5.74) is 0. The van der Waals surface area contributed by atoms with Crippen molar-refractivity contribution >= 4 is 21.7 Å². The van der Waals surface area contributed by atoms with Gasteiger partial charge in [-0.3, -0.25) is 5.32 Å². The third kappa shape index (κ3) is 4.40. The van der Waals surface area contributed by atoms with Crippen LogP contribution in [0.3, 0.4) is 0 Å². The van der Waals surface area contributed by atoms with Crippen molar-refractivity contribution < 1.29 is 17.6 Å². The number of sulfone groups is 1. The maximum Gasteiger partial charge on any atom is 0.320 e. The zero-order valence-electron chi connectivity index (χ0n) is 14.2. The number of urea groups is 1. The number of carbonyl (C=O) groups excluding carboxylic acids is 1. The molecule has 9 heteroatoms. The predicted octanol–water partition coefficient (Wildman–Crippen LogP) is 2.73. The van der Waals surface area contributed by atoms with E-state index in [-0.39, 0.29) is 17.2 Å². The van der Waals surface area contributed by atoms with E-state index in [1.54, 1.807) is 12.3 Å². The second-order valence-corrected chi connectivity index (χ2v) is 8.36. The van der Waals surface area contributed by atoms with Crippen LogP contribution in [0.4, 0.5) is 15.0 Å². The van der Waals surface area contributed by atoms with E-state index in [9.17, 15) is 17.6 Å². The number of benzene rings is 1. The van der Waals surface area contributed by atoms with Crippen molar-refractivity contribution in [3.05, 3.63) is 42.3 Å². The van der Waals surface area contributed by atoms with Gasteiger partial charge < -0.3 is 5.32 Å². The van der Waals surface area contributed by atoms with Crippen molar-refractivity contribution in [2.75, 3.05) is 17.6 Å². The molecule has 1 heterocycles. The largest absolute Gasteiger partial charge is 0.337 e. The third-order valence-electron chi connectivity index (χ3n) is 4.41. The molecule has 1 fully saturated rings. The maximum absolute atomic E-state index is 12.9. The molecule has 2 amide bonds. The minimum Gasteiger partial charge on any atom is -0.337 e. The first-order valence-electron chi connectivity index (χ1n) is 8.52. The number of carbonyl (C=O) groups is 1. The summed E-state index contributed by atoms with van der Waals surface area (Å²) in [4.78, 5) is 12.1. The molecule has 1 saturated carbocycles. The topological polar surface area (TPSA) is 93.1 Å². The van der Waals surface area contributed by atoms with Crippen molar-refractivity contribution in [3.63, 3.8) is 0 Å². The molecule has 3 rings (SSSR count). The Balaban J connectivity index is 1.52. The van der Waals surface area contributed by atoms with Crippen molar-refractivity contribution in [2.45, 2.75) is 36.6 Å². The Hall–Kier alpha value is -2.42. The molecule has 0 atom stereocenters. The summed E-state index contributed by atoms with van der Waals surface area (Å²) >= 11 is 0. The van der Waals surface area contributed by atoms with E-state index in [1.165, 1.54) is 12.1 Å². The number of halogens is 1. The quantitative estimate of drug-likeness (QED) is 0.754. The van der Waals surface area contributed by atoms with Crippen LogP contribution in [0.15, 0.2) is 41.4 Å². The summed E-state index contributed by atoms with van der Waals surface area (Å²) in [6, 6.07) is 6.13. The molecule has 2 N–H and O–H groups in total. The Kier molecular flexibility index (Phi) is 5.55. The zero-order valence-corrected chi connectivity index (χ0v) is 15.0. The second-order valence-electron chi connectivity index (χ2n) is 6.25. The Labute approximate surface area is 151 Å². The highest BCUT2D eigenvalue weighted by Gasteiger charge is 2.20. The molecule has 26 heavy (non-hydrogen) atoms. The fourth-order valence-corrected chi connectivity index (χ4v) is 4.23. The number of hydrogen-bond donors (Lipinski definition) is 2. The van der Waals surface area contributed by atoms with Crippen molar-refractivity contribution in [1.29, 1.82) is 0 Å². The van der Waals surface area contributed by atoms with Crippen LogP contribution in [0.5, 0.6) is 0 Å². The minimum absolute atomic E-state index is 0.0282. The standard InChI is InChI=1S/C17H21FN4O3S/c18-13-5-7-15(8-6-13)26(24,25)12-11-19-17(23)21-16-9-10-20-22(16)14-3-1-2-4-14/h5-10,14H,1-4,11-12H2,(H2,19,21,23). The Morgan fingerprint density at radius 1 is 1.19 bits per heavy atom. The molecule has 2 aromatic rings. The summed E-state index contributed by atoms with van der Waals surface area (Å²) in [5, 5.41) is 9.50. The van der Waals surface area contributed by atoms with Gasteiger partial charge in [0.15, 0.2) is 9.84 Å². The van der Waals surface area contributed by atoms with Gasteiger partial charge in [-0.1, -0.05) is 12.8 Å². The molecular formula is C17H21FN4O3S. The summed E-state index contributed by atoms with van der Waals surface area (Å²) in [7, 11) is -3.58. The summed E-state index contributed by atoms with van der Waals surface area (Å²) < 4.78 is 39.0. The van der Waals surface area contributed by atoms with E-state index in [2.05, 4.69) is 15.7 Å². The van der Waals surface area contributed by atoms with Gasteiger partial charge in [0.25, 0.3) is 0 Å². The van der Waals surface area contributed by atoms with E-state index in [0.29, 0.717) is 11.9 Å². The van der Waals surface area contributed by atoms with Gasteiger partial charge in [0, 0.05) is 12.6 Å². The monoisotopic (exact) mass is 380 g/mol. The summed E-state index contributed by atoms with van der Waals surface area (Å²) in [5.74, 6) is -0.176. The van der Waals surface area contributed by atoms with Gasteiger partial charge in [-0.25, -0.2) is 22.3 Å². The van der Waals surface area contributed by atoms with Gasteiger partial charge in [-0.15, -0.1) is 0 Å². The molecule has 0 unspecified atom stereocenters. The second kappa shape index (κ2) is 7.86. The molecule has 0 spiro atoms. The molecule has 0 radical (unpaired) electrons. The fraction of sp³-hybridized carbons (Fsp3) is 0.412. The average molecular weight is 380 g/mol. The molecule has 1 aliphatic rings. The fourth-order valence-electron chi connectivity index (χ4n) is 3.07. The highest BCUT2D eigenvalue weighted by Crippen LogP contribution is 2.31. The third-order valence-corrected chi connectivity index (χ3v) is 6.14. The van der Waals surface area contributed by atoms with Gasteiger partial charge >= 0.3 is 6.03 Å². The first-order valence-corrected chi connectivity index (χ1v) is 10.2. The molecule has 1 aromatic heterocycles. The van der Waals surface area contributed by atoms with Crippen LogP contribution < -0.4 is 10.6 Å². The highest BCUT2D eigenvalue weighted by atomic mass is 32.2.